The Balaban J connectivity index is 1.61. The zero-order valence-electron chi connectivity index (χ0n) is 14.4. The number of amides is 3. The second-order valence-corrected chi connectivity index (χ2v) is 7.31. The van der Waals surface area contributed by atoms with Gasteiger partial charge in [-0.25, -0.2) is 0 Å². The number of rotatable bonds is 5. The Hall–Kier alpha value is -2.62. The molecule has 1 heterocycles. The fraction of sp³-hybridized carbons (Fsp3) is 0.211. The number of hydrogen-bond donors (Lipinski definition) is 3. The summed E-state index contributed by atoms with van der Waals surface area (Å²) in [4.78, 5) is 38.0. The van der Waals surface area contributed by atoms with E-state index in [0.717, 1.165) is 6.42 Å². The third-order valence-electron chi connectivity index (χ3n) is 4.22. The molecule has 2 aromatic rings. The van der Waals surface area contributed by atoms with Crippen molar-refractivity contribution in [2.45, 2.75) is 16.9 Å². The van der Waals surface area contributed by atoms with Gasteiger partial charge < -0.3 is 21.3 Å². The van der Waals surface area contributed by atoms with Crippen molar-refractivity contribution in [3.05, 3.63) is 54.1 Å². The minimum Gasteiger partial charge on any atom is -0.397 e. The fourth-order valence-corrected chi connectivity index (χ4v) is 3.51. The van der Waals surface area contributed by atoms with Crippen LogP contribution in [-0.2, 0) is 9.59 Å². The number of anilines is 3. The first kappa shape index (κ1) is 19.2. The van der Waals surface area contributed by atoms with Crippen LogP contribution in [0.15, 0.2) is 48.5 Å². The number of carbonyl (C=O) groups excluding carboxylic acids is 3. The zero-order valence-corrected chi connectivity index (χ0v) is 16.6. The second-order valence-electron chi connectivity index (χ2n) is 6.13. The number of likely N-dealkylation sites (tertiary alicyclic amines) is 1. The van der Waals surface area contributed by atoms with Crippen LogP contribution in [0, 0.1) is 0 Å². The quantitative estimate of drug-likeness (QED) is 0.266. The molecule has 7 nitrogen and oxygen atoms in total. The number of carbonyl (C=O) groups is 3. The van der Waals surface area contributed by atoms with Crippen LogP contribution in [0.2, 0.25) is 0 Å². The smallest absolute Gasteiger partial charge is 0.257 e. The van der Waals surface area contributed by atoms with E-state index < -0.39 is 4.05 Å². The molecule has 1 unspecified atom stereocenters. The first-order chi connectivity index (χ1) is 13.0. The van der Waals surface area contributed by atoms with Crippen molar-refractivity contribution < 1.29 is 14.4 Å². The number of nitrogens with zero attached hydrogens (tertiary/aromatic N) is 1. The van der Waals surface area contributed by atoms with Gasteiger partial charge in [0.25, 0.3) is 11.8 Å². The molecular weight excluding hydrogens is 459 g/mol. The molecule has 3 rings (SSSR count). The highest BCUT2D eigenvalue weighted by molar-refractivity contribution is 14.1. The van der Waals surface area contributed by atoms with E-state index in [9.17, 15) is 14.4 Å². The van der Waals surface area contributed by atoms with Gasteiger partial charge >= 0.3 is 0 Å². The third kappa shape index (κ3) is 4.57. The molecule has 3 amide bonds. The zero-order chi connectivity index (χ0) is 19.4. The van der Waals surface area contributed by atoms with Crippen molar-refractivity contribution in [1.82, 2.24) is 4.90 Å². The lowest BCUT2D eigenvalue weighted by Gasteiger charge is -2.21. The molecular formula is C19H19IN4O3. The van der Waals surface area contributed by atoms with E-state index >= 15 is 0 Å². The summed E-state index contributed by atoms with van der Waals surface area (Å²) < 4.78 is -0.554. The Kier molecular flexibility index (Phi) is 5.94. The van der Waals surface area contributed by atoms with Crippen molar-refractivity contribution in [3.8, 4) is 0 Å². The Morgan fingerprint density at radius 1 is 1.07 bits per heavy atom. The molecule has 0 bridgehead atoms. The lowest BCUT2D eigenvalue weighted by atomic mass is 10.2. The number of hydrogen-bond acceptors (Lipinski definition) is 4. The fourth-order valence-electron chi connectivity index (χ4n) is 2.76. The summed E-state index contributed by atoms with van der Waals surface area (Å²) in [5.41, 5.74) is 7.86. The molecule has 8 heteroatoms. The molecule has 2 aromatic carbocycles. The first-order valence-corrected chi connectivity index (χ1v) is 9.70. The van der Waals surface area contributed by atoms with Gasteiger partial charge in [0.15, 0.2) is 4.05 Å². The summed E-state index contributed by atoms with van der Waals surface area (Å²) >= 11 is 1.96. The summed E-state index contributed by atoms with van der Waals surface area (Å²) in [5, 5.41) is 5.52. The molecule has 0 aliphatic carbocycles. The number of nitrogen functional groups attached to an aromatic ring is 1. The molecule has 140 valence electrons. The number of nitrogens with one attached hydrogen (secondary N) is 2. The molecule has 1 atom stereocenters. The standard InChI is InChI=1S/C19H19IN4O3/c20-17(24-11-3-6-16(24)25)19(27)22-13-9-7-12(8-10-13)18(26)23-15-5-2-1-4-14(15)21/h1-2,4-5,7-10,17H,3,6,11,21H2,(H,22,27)(H,23,26). The van der Waals surface area contributed by atoms with E-state index in [2.05, 4.69) is 10.6 Å². The number of alkyl halides is 1. The molecule has 27 heavy (non-hydrogen) atoms. The Bertz CT molecular complexity index is 870. The topological polar surface area (TPSA) is 105 Å². The monoisotopic (exact) mass is 478 g/mol. The van der Waals surface area contributed by atoms with Crippen LogP contribution in [0.3, 0.4) is 0 Å². The first-order valence-electron chi connectivity index (χ1n) is 8.46. The van der Waals surface area contributed by atoms with Crippen LogP contribution in [0.5, 0.6) is 0 Å². The molecule has 0 radical (unpaired) electrons. The molecule has 1 fully saturated rings. The maximum Gasteiger partial charge on any atom is 0.257 e. The Morgan fingerprint density at radius 2 is 1.78 bits per heavy atom. The molecule has 0 spiro atoms. The molecule has 0 aromatic heterocycles. The van der Waals surface area contributed by atoms with Gasteiger partial charge in [-0.05, 0) is 65.4 Å². The van der Waals surface area contributed by atoms with Gasteiger partial charge in [-0.2, -0.15) is 0 Å². The second kappa shape index (κ2) is 8.38. The average molecular weight is 478 g/mol. The van der Waals surface area contributed by atoms with Gasteiger partial charge in [0.2, 0.25) is 5.91 Å². The highest BCUT2D eigenvalue weighted by Gasteiger charge is 2.30. The van der Waals surface area contributed by atoms with Crippen molar-refractivity contribution >= 4 is 57.4 Å². The van der Waals surface area contributed by atoms with E-state index in [0.29, 0.717) is 35.6 Å². The van der Waals surface area contributed by atoms with Gasteiger partial charge in [-0.3, -0.25) is 14.4 Å². The van der Waals surface area contributed by atoms with Crippen LogP contribution < -0.4 is 16.4 Å². The lowest BCUT2D eigenvalue weighted by molar-refractivity contribution is -0.132. The van der Waals surface area contributed by atoms with E-state index in [1.165, 1.54) is 0 Å². The van der Waals surface area contributed by atoms with Crippen molar-refractivity contribution in [2.24, 2.45) is 0 Å². The molecule has 1 saturated heterocycles. The Morgan fingerprint density at radius 3 is 2.41 bits per heavy atom. The van der Waals surface area contributed by atoms with Crippen LogP contribution in [0.4, 0.5) is 17.1 Å². The largest absolute Gasteiger partial charge is 0.397 e. The molecule has 1 aliphatic heterocycles. The van der Waals surface area contributed by atoms with Crippen LogP contribution >= 0.6 is 22.6 Å². The predicted molar refractivity (Wildman–Crippen MR) is 113 cm³/mol. The summed E-state index contributed by atoms with van der Waals surface area (Å²) in [7, 11) is 0. The summed E-state index contributed by atoms with van der Waals surface area (Å²) in [5.74, 6) is -0.558. The van der Waals surface area contributed by atoms with Crippen molar-refractivity contribution in [3.63, 3.8) is 0 Å². The van der Waals surface area contributed by atoms with E-state index in [-0.39, 0.29) is 17.7 Å². The van der Waals surface area contributed by atoms with Crippen molar-refractivity contribution in [1.29, 1.82) is 0 Å². The van der Waals surface area contributed by atoms with Gasteiger partial charge in [-0.15, -0.1) is 0 Å². The predicted octanol–water partition coefficient (Wildman–Crippen LogP) is 2.84. The Labute approximate surface area is 170 Å². The maximum atomic E-state index is 12.3. The molecule has 1 aliphatic rings. The van der Waals surface area contributed by atoms with Gasteiger partial charge in [0.1, 0.15) is 0 Å². The molecule has 0 saturated carbocycles. The number of halogens is 1. The average Bonchev–Trinajstić information content (AvgIpc) is 3.09. The SMILES string of the molecule is Nc1ccccc1NC(=O)c1ccc(NC(=O)C(I)N2CCCC2=O)cc1. The highest BCUT2D eigenvalue weighted by Crippen LogP contribution is 2.21. The number of benzene rings is 2. The van der Waals surface area contributed by atoms with Crippen LogP contribution in [-0.4, -0.2) is 33.2 Å². The summed E-state index contributed by atoms with van der Waals surface area (Å²) in [6.07, 6.45) is 1.27. The third-order valence-corrected chi connectivity index (χ3v) is 5.46. The summed E-state index contributed by atoms with van der Waals surface area (Å²) in [6.45, 7) is 0.599. The van der Waals surface area contributed by atoms with E-state index in [4.69, 9.17) is 5.73 Å². The minimum atomic E-state index is -0.554. The van der Waals surface area contributed by atoms with Gasteiger partial charge in [0.05, 0.1) is 11.4 Å². The minimum absolute atomic E-state index is 0.00301. The van der Waals surface area contributed by atoms with Crippen molar-refractivity contribution in [2.75, 3.05) is 22.9 Å². The van der Waals surface area contributed by atoms with E-state index in [1.54, 1.807) is 53.4 Å². The number of para-hydroxylation sites is 2. The normalized spacial score (nSPS) is 14.7. The summed E-state index contributed by atoms with van der Waals surface area (Å²) in [6, 6.07) is 13.5. The molecule has 4 N–H and O–H groups in total. The van der Waals surface area contributed by atoms with Gasteiger partial charge in [0, 0.05) is 24.2 Å². The van der Waals surface area contributed by atoms with E-state index in [1.807, 2.05) is 22.6 Å². The number of nitrogens with two attached hydrogens (primary N) is 1. The maximum absolute atomic E-state index is 12.3. The van der Waals surface area contributed by atoms with Crippen LogP contribution in [0.25, 0.3) is 0 Å². The van der Waals surface area contributed by atoms with Crippen LogP contribution in [0.1, 0.15) is 23.2 Å². The van der Waals surface area contributed by atoms with Gasteiger partial charge in [-0.1, -0.05) is 12.1 Å². The highest BCUT2D eigenvalue weighted by atomic mass is 127. The lowest BCUT2D eigenvalue weighted by Crippen LogP contribution is -2.40.